The molecule has 0 aliphatic carbocycles. The second-order valence-corrected chi connectivity index (χ2v) is 9.17. The number of aliphatic imine (C=N–C) groups is 1. The van der Waals surface area contributed by atoms with Gasteiger partial charge in [0, 0.05) is 11.8 Å². The lowest BCUT2D eigenvalue weighted by atomic mass is 9.79. The number of rotatable bonds is 3. The number of hydrogen-bond donors (Lipinski definition) is 0. The van der Waals surface area contributed by atoms with Crippen LogP contribution in [0.25, 0.3) is 21.5 Å². The summed E-state index contributed by atoms with van der Waals surface area (Å²) in [6, 6.07) is 27.3. The Morgan fingerprint density at radius 3 is 1.90 bits per heavy atom. The molecule has 4 heteroatoms. The Bertz CT molecular complexity index is 1240. The van der Waals surface area contributed by atoms with Gasteiger partial charge in [0.1, 0.15) is 0 Å². The summed E-state index contributed by atoms with van der Waals surface area (Å²) in [5.41, 5.74) is 2.27. The van der Waals surface area contributed by atoms with Gasteiger partial charge in [-0.1, -0.05) is 60.7 Å². The molecule has 0 amide bonds. The molecular weight excluding hydrogens is 381 g/mol. The van der Waals surface area contributed by atoms with Crippen molar-refractivity contribution in [1.82, 2.24) is 0 Å². The van der Waals surface area contributed by atoms with Crippen LogP contribution in [0.2, 0.25) is 0 Å². The minimum atomic E-state index is -0.390. The standard InChI is InChI=1S/C27H26BNO2/c1-26(2)27(3,4)31-28(30-26)21-12-9-13-22(17-21)29-18-25-23-14-7-5-10-19(23)16-20-11-6-8-15-24(20)25/h5-18H,1-4H3. The van der Waals surface area contributed by atoms with Crippen LogP contribution < -0.4 is 5.46 Å². The third kappa shape index (κ3) is 3.56. The van der Waals surface area contributed by atoms with Crippen molar-refractivity contribution in [1.29, 1.82) is 0 Å². The monoisotopic (exact) mass is 407 g/mol. The molecule has 0 atom stereocenters. The van der Waals surface area contributed by atoms with Gasteiger partial charge in [-0.05, 0) is 72.9 Å². The van der Waals surface area contributed by atoms with E-state index in [1.165, 1.54) is 21.5 Å². The van der Waals surface area contributed by atoms with Crippen LogP contribution in [-0.2, 0) is 9.31 Å². The van der Waals surface area contributed by atoms with Gasteiger partial charge in [-0.15, -0.1) is 0 Å². The average Bonchev–Trinajstić information content (AvgIpc) is 2.98. The van der Waals surface area contributed by atoms with Crippen molar-refractivity contribution < 1.29 is 9.31 Å². The maximum absolute atomic E-state index is 6.21. The molecule has 0 unspecified atom stereocenters. The van der Waals surface area contributed by atoms with E-state index in [2.05, 4.69) is 82.3 Å². The molecule has 0 aromatic heterocycles. The highest BCUT2D eigenvalue weighted by Crippen LogP contribution is 2.36. The maximum Gasteiger partial charge on any atom is 0.494 e. The fourth-order valence-electron chi connectivity index (χ4n) is 4.06. The molecular formula is C27H26BNO2. The van der Waals surface area contributed by atoms with E-state index in [1.807, 2.05) is 30.5 Å². The van der Waals surface area contributed by atoms with E-state index in [0.29, 0.717) is 0 Å². The van der Waals surface area contributed by atoms with Crippen molar-refractivity contribution >= 4 is 46.0 Å². The van der Waals surface area contributed by atoms with Gasteiger partial charge in [0.05, 0.1) is 16.9 Å². The normalized spacial score (nSPS) is 17.7. The summed E-state index contributed by atoms with van der Waals surface area (Å²) in [5.74, 6) is 0. The molecule has 0 bridgehead atoms. The van der Waals surface area contributed by atoms with Crippen LogP contribution in [0.5, 0.6) is 0 Å². The quantitative estimate of drug-likeness (QED) is 0.235. The molecule has 0 spiro atoms. The topological polar surface area (TPSA) is 30.8 Å². The Morgan fingerprint density at radius 2 is 1.29 bits per heavy atom. The molecule has 3 nitrogen and oxygen atoms in total. The summed E-state index contributed by atoms with van der Waals surface area (Å²) in [4.78, 5) is 4.85. The van der Waals surface area contributed by atoms with Gasteiger partial charge in [-0.25, -0.2) is 0 Å². The van der Waals surface area contributed by atoms with Crippen molar-refractivity contribution in [3.05, 3.63) is 84.4 Å². The van der Waals surface area contributed by atoms with E-state index >= 15 is 0 Å². The van der Waals surface area contributed by atoms with E-state index in [4.69, 9.17) is 14.3 Å². The maximum atomic E-state index is 6.21. The van der Waals surface area contributed by atoms with E-state index in [0.717, 1.165) is 16.7 Å². The van der Waals surface area contributed by atoms with Gasteiger partial charge < -0.3 is 9.31 Å². The van der Waals surface area contributed by atoms with Crippen LogP contribution in [0, 0.1) is 0 Å². The first-order valence-corrected chi connectivity index (χ1v) is 10.7. The molecule has 1 aliphatic heterocycles. The molecule has 1 heterocycles. The van der Waals surface area contributed by atoms with Crippen LogP contribution >= 0.6 is 0 Å². The van der Waals surface area contributed by atoms with Gasteiger partial charge >= 0.3 is 7.12 Å². The van der Waals surface area contributed by atoms with E-state index in [-0.39, 0.29) is 11.2 Å². The molecule has 31 heavy (non-hydrogen) atoms. The van der Waals surface area contributed by atoms with Crippen LogP contribution in [0.1, 0.15) is 33.3 Å². The molecule has 1 aliphatic rings. The first kappa shape index (κ1) is 20.0. The lowest BCUT2D eigenvalue weighted by Crippen LogP contribution is -2.41. The van der Waals surface area contributed by atoms with E-state index < -0.39 is 7.12 Å². The summed E-state index contributed by atoms with van der Waals surface area (Å²) < 4.78 is 12.4. The molecule has 4 aromatic carbocycles. The van der Waals surface area contributed by atoms with Gasteiger partial charge in [0.25, 0.3) is 0 Å². The summed E-state index contributed by atoms with van der Waals surface area (Å²) >= 11 is 0. The van der Waals surface area contributed by atoms with Crippen LogP contribution in [-0.4, -0.2) is 24.5 Å². The SMILES string of the molecule is CC1(C)OB(c2cccc(N=Cc3c4ccccc4cc4ccccc34)c2)OC1(C)C. The third-order valence-electron chi connectivity index (χ3n) is 6.55. The predicted molar refractivity (Wildman–Crippen MR) is 131 cm³/mol. The van der Waals surface area contributed by atoms with Crippen molar-refractivity contribution in [2.24, 2.45) is 4.99 Å². The summed E-state index contributed by atoms with van der Waals surface area (Å²) in [6.07, 6.45) is 1.98. The number of nitrogens with zero attached hydrogens (tertiary/aromatic N) is 1. The Labute approximate surface area is 183 Å². The first-order valence-electron chi connectivity index (χ1n) is 10.7. The highest BCUT2D eigenvalue weighted by atomic mass is 16.7. The van der Waals surface area contributed by atoms with Crippen LogP contribution in [0.15, 0.2) is 83.9 Å². The zero-order chi connectivity index (χ0) is 21.6. The van der Waals surface area contributed by atoms with Crippen molar-refractivity contribution in [2.75, 3.05) is 0 Å². The van der Waals surface area contributed by atoms with E-state index in [9.17, 15) is 0 Å². The van der Waals surface area contributed by atoms with Crippen LogP contribution in [0.3, 0.4) is 0 Å². The molecule has 154 valence electrons. The Morgan fingerprint density at radius 1 is 0.710 bits per heavy atom. The largest absolute Gasteiger partial charge is 0.494 e. The highest BCUT2D eigenvalue weighted by molar-refractivity contribution is 6.62. The zero-order valence-corrected chi connectivity index (χ0v) is 18.4. The zero-order valence-electron chi connectivity index (χ0n) is 18.4. The lowest BCUT2D eigenvalue weighted by Gasteiger charge is -2.32. The van der Waals surface area contributed by atoms with Crippen molar-refractivity contribution in [3.8, 4) is 0 Å². The second-order valence-electron chi connectivity index (χ2n) is 9.17. The van der Waals surface area contributed by atoms with Crippen molar-refractivity contribution in [2.45, 2.75) is 38.9 Å². The van der Waals surface area contributed by atoms with Crippen LogP contribution in [0.4, 0.5) is 5.69 Å². The fourth-order valence-corrected chi connectivity index (χ4v) is 4.06. The van der Waals surface area contributed by atoms with Gasteiger partial charge in [-0.3, -0.25) is 4.99 Å². The van der Waals surface area contributed by atoms with Gasteiger partial charge in [0.2, 0.25) is 0 Å². The predicted octanol–water partition coefficient (Wildman–Crippen LogP) is 6.04. The minimum Gasteiger partial charge on any atom is -0.399 e. The summed E-state index contributed by atoms with van der Waals surface area (Å²) in [6.45, 7) is 8.28. The molecule has 0 radical (unpaired) electrons. The summed E-state index contributed by atoms with van der Waals surface area (Å²) in [5, 5.41) is 4.83. The highest BCUT2D eigenvalue weighted by Gasteiger charge is 2.51. The third-order valence-corrected chi connectivity index (χ3v) is 6.55. The molecule has 1 fully saturated rings. The number of benzene rings is 4. The Kier molecular flexibility index (Phi) is 4.73. The average molecular weight is 407 g/mol. The number of fused-ring (bicyclic) bond motifs is 2. The van der Waals surface area contributed by atoms with E-state index in [1.54, 1.807) is 0 Å². The fraction of sp³-hybridized carbons (Fsp3) is 0.222. The Hall–Kier alpha value is -2.95. The second kappa shape index (κ2) is 7.33. The molecule has 5 rings (SSSR count). The molecule has 4 aromatic rings. The first-order chi connectivity index (χ1) is 14.8. The van der Waals surface area contributed by atoms with Crippen molar-refractivity contribution in [3.63, 3.8) is 0 Å². The summed E-state index contributed by atoms with van der Waals surface area (Å²) in [7, 11) is -0.390. The lowest BCUT2D eigenvalue weighted by molar-refractivity contribution is 0.00578. The molecule has 0 saturated carbocycles. The Balaban J connectivity index is 1.53. The van der Waals surface area contributed by atoms with Gasteiger partial charge in [0.15, 0.2) is 0 Å². The number of hydrogen-bond acceptors (Lipinski definition) is 3. The smallest absolute Gasteiger partial charge is 0.399 e. The molecule has 1 saturated heterocycles. The minimum absolute atomic E-state index is 0.362. The molecule has 0 N–H and O–H groups in total. The van der Waals surface area contributed by atoms with Gasteiger partial charge in [-0.2, -0.15) is 0 Å².